The zero-order valence-corrected chi connectivity index (χ0v) is 24.5. The summed E-state index contributed by atoms with van der Waals surface area (Å²) in [6.07, 6.45) is 6.48. The number of carbonyl (C=O) groups excluding carboxylic acids is 2. The summed E-state index contributed by atoms with van der Waals surface area (Å²) >= 11 is 0. The maximum atomic E-state index is 13.4. The zero-order valence-electron chi connectivity index (χ0n) is 23.7. The second kappa shape index (κ2) is 12.4. The van der Waals surface area contributed by atoms with Gasteiger partial charge in [-0.1, -0.05) is 49.2 Å². The Kier molecular flexibility index (Phi) is 8.92. The minimum absolute atomic E-state index is 0.129. The molecule has 2 aromatic rings. The Morgan fingerprint density at radius 2 is 1.80 bits per heavy atom. The van der Waals surface area contributed by atoms with Crippen molar-refractivity contribution in [3.63, 3.8) is 0 Å². The number of carbonyl (C=O) groups is 2. The first-order chi connectivity index (χ1) is 19.2. The van der Waals surface area contributed by atoms with E-state index in [-0.39, 0.29) is 36.4 Å². The number of hydrogen-bond donors (Lipinski definition) is 2. The highest BCUT2D eigenvalue weighted by Crippen LogP contribution is 2.33. The zero-order chi connectivity index (χ0) is 28.3. The molecule has 0 aromatic heterocycles. The first-order valence-electron chi connectivity index (χ1n) is 14.7. The van der Waals surface area contributed by atoms with Crippen LogP contribution in [0, 0.1) is 6.92 Å². The third-order valence-corrected chi connectivity index (χ3v) is 10.6. The maximum absolute atomic E-state index is 13.4. The van der Waals surface area contributed by atoms with Crippen LogP contribution < -0.4 is 10.6 Å². The van der Waals surface area contributed by atoms with Gasteiger partial charge in [0.25, 0.3) is 0 Å². The average Bonchev–Trinajstić information content (AvgIpc) is 2.94. The second-order valence-electron chi connectivity index (χ2n) is 11.7. The number of rotatable bonds is 8. The van der Waals surface area contributed by atoms with Gasteiger partial charge in [0, 0.05) is 19.6 Å². The van der Waals surface area contributed by atoms with Crippen molar-refractivity contribution >= 4 is 21.8 Å². The van der Waals surface area contributed by atoms with Gasteiger partial charge in [0.2, 0.25) is 21.8 Å². The van der Waals surface area contributed by atoms with Gasteiger partial charge in [0.05, 0.1) is 17.4 Å². The highest BCUT2D eigenvalue weighted by Gasteiger charge is 2.40. The van der Waals surface area contributed by atoms with Crippen LogP contribution >= 0.6 is 0 Å². The van der Waals surface area contributed by atoms with Gasteiger partial charge >= 0.3 is 0 Å². The van der Waals surface area contributed by atoms with Crippen molar-refractivity contribution in [2.24, 2.45) is 0 Å². The quantitative estimate of drug-likeness (QED) is 0.508. The molecule has 2 fully saturated rings. The molecule has 3 aliphatic rings. The van der Waals surface area contributed by atoms with Crippen molar-refractivity contribution in [3.05, 3.63) is 64.7 Å². The van der Waals surface area contributed by atoms with Gasteiger partial charge in [-0.05, 0) is 86.9 Å². The largest absolute Gasteiger partial charge is 0.353 e. The molecule has 2 aliphatic heterocycles. The fourth-order valence-corrected chi connectivity index (χ4v) is 7.96. The maximum Gasteiger partial charge on any atom is 0.243 e. The molecule has 3 atom stereocenters. The van der Waals surface area contributed by atoms with E-state index in [4.69, 9.17) is 0 Å². The smallest absolute Gasteiger partial charge is 0.243 e. The summed E-state index contributed by atoms with van der Waals surface area (Å²) in [7, 11) is -3.92. The normalized spacial score (nSPS) is 23.2. The number of sulfonamides is 1. The molecule has 0 spiro atoms. The van der Waals surface area contributed by atoms with E-state index >= 15 is 0 Å². The molecule has 0 radical (unpaired) electrons. The number of hydrogen-bond acceptors (Lipinski definition) is 5. The molecule has 2 N–H and O–H groups in total. The number of benzene rings is 2. The second-order valence-corrected chi connectivity index (χ2v) is 13.6. The molecule has 8 nitrogen and oxygen atoms in total. The molecule has 0 saturated carbocycles. The lowest BCUT2D eigenvalue weighted by Crippen LogP contribution is -2.58. The molecule has 1 aliphatic carbocycles. The van der Waals surface area contributed by atoms with E-state index in [1.807, 2.05) is 6.92 Å². The van der Waals surface area contributed by atoms with Gasteiger partial charge in [-0.25, -0.2) is 8.42 Å². The number of piperidine rings is 1. The lowest BCUT2D eigenvalue weighted by atomic mass is 9.84. The SMILES string of the molecule is Cc1ccc(S(=O)(=O)N2CCNC(=O)C2CC(=O)N[C@@H]2CCCc3cc([C@H](C)CN4CCCCC4)ccc32)cc1. The van der Waals surface area contributed by atoms with Crippen molar-refractivity contribution in [1.29, 1.82) is 0 Å². The topological polar surface area (TPSA) is 98.8 Å². The highest BCUT2D eigenvalue weighted by molar-refractivity contribution is 7.89. The highest BCUT2D eigenvalue weighted by atomic mass is 32.2. The van der Waals surface area contributed by atoms with Crippen molar-refractivity contribution in [1.82, 2.24) is 19.8 Å². The van der Waals surface area contributed by atoms with E-state index < -0.39 is 22.0 Å². The Hall–Kier alpha value is -2.75. The number of nitrogens with zero attached hydrogens (tertiary/aromatic N) is 2. The molecule has 216 valence electrons. The Labute approximate surface area is 238 Å². The van der Waals surface area contributed by atoms with Crippen LogP contribution in [0.5, 0.6) is 0 Å². The number of amides is 2. The average molecular weight is 567 g/mol. The molecular formula is C31H42N4O4S. The van der Waals surface area contributed by atoms with E-state index in [1.165, 1.54) is 47.8 Å². The van der Waals surface area contributed by atoms with E-state index in [1.54, 1.807) is 24.3 Å². The molecule has 2 amide bonds. The first-order valence-corrected chi connectivity index (χ1v) is 16.2. The number of fused-ring (bicyclic) bond motifs is 1. The monoisotopic (exact) mass is 566 g/mol. The van der Waals surface area contributed by atoms with Crippen LogP contribution in [0.4, 0.5) is 0 Å². The standard InChI is InChI=1S/C31H42N4O4S/c1-22-9-12-26(13-10-22)40(38,39)35-18-15-32-31(37)29(35)20-30(36)33-28-8-6-7-25-19-24(11-14-27(25)28)23(2)21-34-16-4-3-5-17-34/h9-14,19,23,28-29H,3-8,15-18,20-21H2,1-2H3,(H,32,37)(H,33,36)/t23-,28-,29?/m1/s1. The first kappa shape index (κ1) is 28.8. The predicted octanol–water partition coefficient (Wildman–Crippen LogP) is 3.66. The van der Waals surface area contributed by atoms with Crippen molar-refractivity contribution in [3.8, 4) is 0 Å². The summed E-state index contributed by atoms with van der Waals surface area (Å²) in [5.41, 5.74) is 4.69. The van der Waals surface area contributed by atoms with E-state index in [2.05, 4.69) is 40.7 Å². The fraction of sp³-hybridized carbons (Fsp3) is 0.548. The molecule has 9 heteroatoms. The summed E-state index contributed by atoms with van der Waals surface area (Å²) in [5, 5.41) is 5.86. The lowest BCUT2D eigenvalue weighted by molar-refractivity contribution is -0.132. The molecule has 0 bridgehead atoms. The summed E-state index contributed by atoms with van der Waals surface area (Å²) in [6, 6.07) is 12.0. The van der Waals surface area contributed by atoms with Crippen LogP contribution in [0.3, 0.4) is 0 Å². The van der Waals surface area contributed by atoms with Crippen LogP contribution in [0.2, 0.25) is 0 Å². The van der Waals surface area contributed by atoms with Crippen molar-refractivity contribution in [2.45, 2.75) is 81.7 Å². The predicted molar refractivity (Wildman–Crippen MR) is 155 cm³/mol. The Morgan fingerprint density at radius 3 is 2.55 bits per heavy atom. The van der Waals surface area contributed by atoms with E-state index in [0.717, 1.165) is 36.9 Å². The van der Waals surface area contributed by atoms with Crippen LogP contribution in [-0.2, 0) is 26.0 Å². The van der Waals surface area contributed by atoms with Gasteiger partial charge in [-0.15, -0.1) is 0 Å². The third-order valence-electron chi connectivity index (χ3n) is 8.65. The molecule has 2 aromatic carbocycles. The number of likely N-dealkylation sites (tertiary alicyclic amines) is 1. The Morgan fingerprint density at radius 1 is 1.05 bits per heavy atom. The van der Waals surface area contributed by atoms with E-state index in [9.17, 15) is 18.0 Å². The van der Waals surface area contributed by atoms with Gasteiger partial charge in [-0.3, -0.25) is 9.59 Å². The molecule has 1 unspecified atom stereocenters. The number of nitrogens with one attached hydrogen (secondary N) is 2. The summed E-state index contributed by atoms with van der Waals surface area (Å²) in [4.78, 5) is 28.8. The molecule has 5 rings (SSSR count). The van der Waals surface area contributed by atoms with Gasteiger partial charge in [-0.2, -0.15) is 4.31 Å². The summed E-state index contributed by atoms with van der Waals surface area (Å²) in [6.45, 7) is 7.98. The van der Waals surface area contributed by atoms with Crippen LogP contribution in [-0.4, -0.2) is 68.2 Å². The van der Waals surface area contributed by atoms with Crippen LogP contribution in [0.15, 0.2) is 47.4 Å². The Bertz CT molecular complexity index is 1320. The minimum atomic E-state index is -3.92. The lowest BCUT2D eigenvalue weighted by Gasteiger charge is -2.34. The molecule has 40 heavy (non-hydrogen) atoms. The van der Waals surface area contributed by atoms with E-state index in [0.29, 0.717) is 5.92 Å². The summed E-state index contributed by atoms with van der Waals surface area (Å²) < 4.78 is 28.0. The molecular weight excluding hydrogens is 524 g/mol. The number of piperazine rings is 1. The van der Waals surface area contributed by atoms with Crippen molar-refractivity contribution in [2.75, 3.05) is 32.7 Å². The minimum Gasteiger partial charge on any atom is -0.353 e. The Balaban J connectivity index is 1.26. The fourth-order valence-electron chi connectivity index (χ4n) is 6.38. The third kappa shape index (κ3) is 6.42. The van der Waals surface area contributed by atoms with Crippen molar-refractivity contribution < 1.29 is 18.0 Å². The van der Waals surface area contributed by atoms with Gasteiger partial charge in [0.15, 0.2) is 0 Å². The summed E-state index contributed by atoms with van der Waals surface area (Å²) in [5.74, 6) is -0.301. The van der Waals surface area contributed by atoms with Crippen LogP contribution in [0.1, 0.15) is 79.7 Å². The number of aryl methyl sites for hydroxylation is 2. The van der Waals surface area contributed by atoms with Gasteiger partial charge in [0.1, 0.15) is 6.04 Å². The molecule has 2 saturated heterocycles. The molecule has 2 heterocycles. The van der Waals surface area contributed by atoms with Gasteiger partial charge < -0.3 is 15.5 Å². The van der Waals surface area contributed by atoms with Crippen LogP contribution in [0.25, 0.3) is 0 Å².